The first-order valence-corrected chi connectivity index (χ1v) is 7.83. The van der Waals surface area contributed by atoms with Gasteiger partial charge in [-0.05, 0) is 50.0 Å². The van der Waals surface area contributed by atoms with Crippen LogP contribution in [0, 0.1) is 17.3 Å². The molecule has 0 spiro atoms. The van der Waals surface area contributed by atoms with Gasteiger partial charge in [-0.25, -0.2) is 4.99 Å². The summed E-state index contributed by atoms with van der Waals surface area (Å²) in [5, 5.41) is 0. The Labute approximate surface area is 126 Å². The Balaban J connectivity index is 2.20. The molecule has 1 saturated carbocycles. The lowest BCUT2D eigenvalue weighted by Crippen LogP contribution is -2.50. The predicted octanol–water partition coefficient (Wildman–Crippen LogP) is 2.95. The molecule has 0 aromatic carbocycles. The molecular weight excluding hydrogens is 264 g/mol. The number of amides is 1. The van der Waals surface area contributed by atoms with E-state index in [4.69, 9.17) is 10.5 Å². The molecule has 4 heteroatoms. The molecule has 2 N–H and O–H groups in total. The summed E-state index contributed by atoms with van der Waals surface area (Å²) in [5.74, 6) is 1.50. The van der Waals surface area contributed by atoms with Crippen LogP contribution >= 0.6 is 0 Å². The van der Waals surface area contributed by atoms with Gasteiger partial charge in [-0.2, -0.15) is 0 Å². The van der Waals surface area contributed by atoms with Crippen molar-refractivity contribution >= 4 is 11.8 Å². The van der Waals surface area contributed by atoms with Crippen molar-refractivity contribution in [3.05, 3.63) is 22.9 Å². The van der Waals surface area contributed by atoms with Crippen molar-refractivity contribution in [1.82, 2.24) is 0 Å². The van der Waals surface area contributed by atoms with Gasteiger partial charge in [0.15, 0.2) is 5.90 Å². The van der Waals surface area contributed by atoms with Gasteiger partial charge in [0.1, 0.15) is 0 Å². The van der Waals surface area contributed by atoms with Crippen molar-refractivity contribution in [2.75, 3.05) is 7.11 Å². The van der Waals surface area contributed by atoms with E-state index in [0.29, 0.717) is 11.8 Å². The summed E-state index contributed by atoms with van der Waals surface area (Å²) in [5.41, 5.74) is 8.78. The van der Waals surface area contributed by atoms with Gasteiger partial charge in [0.05, 0.1) is 12.5 Å². The third-order valence-corrected chi connectivity index (χ3v) is 5.39. The second-order valence-electron chi connectivity index (χ2n) is 6.59. The zero-order chi connectivity index (χ0) is 15.2. The Morgan fingerprint density at radius 1 is 1.48 bits per heavy atom. The maximum atomic E-state index is 12.5. The number of carbonyl (C=O) groups is 1. The molecule has 0 radical (unpaired) electrons. The summed E-state index contributed by atoms with van der Waals surface area (Å²) in [6.07, 6.45) is 6.59. The van der Waals surface area contributed by atoms with Crippen LogP contribution in [0.3, 0.4) is 0 Å². The lowest BCUT2D eigenvalue weighted by atomic mass is 9.53. The van der Waals surface area contributed by atoms with Crippen molar-refractivity contribution in [1.29, 1.82) is 0 Å². The predicted molar refractivity (Wildman–Crippen MR) is 82.6 cm³/mol. The number of primary amides is 1. The number of aliphatic imine (C=N–C) groups is 1. The number of fused-ring (bicyclic) bond motifs is 3. The van der Waals surface area contributed by atoms with E-state index in [1.165, 1.54) is 5.57 Å². The summed E-state index contributed by atoms with van der Waals surface area (Å²) < 4.78 is 5.32. The van der Waals surface area contributed by atoms with Crippen molar-refractivity contribution in [2.24, 2.45) is 28.0 Å². The van der Waals surface area contributed by atoms with Crippen LogP contribution in [-0.2, 0) is 9.53 Å². The number of allylic oxidation sites excluding steroid dienone is 2. The van der Waals surface area contributed by atoms with E-state index in [-0.39, 0.29) is 5.91 Å². The molecule has 1 amide bonds. The molecule has 21 heavy (non-hydrogen) atoms. The van der Waals surface area contributed by atoms with Crippen LogP contribution in [0.15, 0.2) is 27.9 Å². The van der Waals surface area contributed by atoms with Gasteiger partial charge in [-0.1, -0.05) is 18.6 Å². The standard InChI is InChI=1S/C17H24N2O2/c1-4-12-11-7-10(2)9-17(12,16(18)20)13-5-6-15(21-3)19-14(13)8-11/h4,10-11H,5-9H2,1-3H3,(H2,18,20)/b12-4+. The number of nitrogens with two attached hydrogens (primary N) is 1. The lowest BCUT2D eigenvalue weighted by molar-refractivity contribution is -0.126. The van der Waals surface area contributed by atoms with Gasteiger partial charge >= 0.3 is 0 Å². The third-order valence-electron chi connectivity index (χ3n) is 5.39. The summed E-state index contributed by atoms with van der Waals surface area (Å²) in [4.78, 5) is 17.1. The Hall–Kier alpha value is -1.58. The van der Waals surface area contributed by atoms with E-state index in [9.17, 15) is 4.79 Å². The fourth-order valence-electron chi connectivity index (χ4n) is 4.71. The van der Waals surface area contributed by atoms with Gasteiger partial charge in [-0.3, -0.25) is 4.79 Å². The second kappa shape index (κ2) is 5.00. The molecule has 0 aromatic heterocycles. The van der Waals surface area contributed by atoms with Gasteiger partial charge in [0.25, 0.3) is 0 Å². The normalized spacial score (nSPS) is 37.1. The van der Waals surface area contributed by atoms with E-state index in [1.54, 1.807) is 7.11 Å². The molecule has 1 fully saturated rings. The zero-order valence-electron chi connectivity index (χ0n) is 13.1. The fraction of sp³-hybridized carbons (Fsp3) is 0.647. The molecule has 1 heterocycles. The van der Waals surface area contributed by atoms with Crippen LogP contribution in [-0.4, -0.2) is 18.9 Å². The molecule has 0 aromatic rings. The van der Waals surface area contributed by atoms with E-state index in [1.807, 2.05) is 6.92 Å². The first kappa shape index (κ1) is 14.4. The number of hydrogen-bond donors (Lipinski definition) is 1. The molecular formula is C17H24N2O2. The molecule has 4 nitrogen and oxygen atoms in total. The minimum atomic E-state index is -0.590. The monoisotopic (exact) mass is 288 g/mol. The van der Waals surface area contributed by atoms with Crippen molar-refractivity contribution in [3.8, 4) is 0 Å². The summed E-state index contributed by atoms with van der Waals surface area (Å²) >= 11 is 0. The second-order valence-corrected chi connectivity index (χ2v) is 6.59. The van der Waals surface area contributed by atoms with Crippen molar-refractivity contribution < 1.29 is 9.53 Å². The van der Waals surface area contributed by atoms with Crippen LogP contribution in [0.1, 0.15) is 46.0 Å². The van der Waals surface area contributed by atoms with E-state index in [2.05, 4.69) is 18.0 Å². The van der Waals surface area contributed by atoms with Crippen LogP contribution in [0.4, 0.5) is 0 Å². The molecule has 2 aliphatic carbocycles. The molecule has 3 atom stereocenters. The smallest absolute Gasteiger partial charge is 0.231 e. The minimum absolute atomic E-state index is 0.199. The Bertz CT molecular complexity index is 573. The highest BCUT2D eigenvalue weighted by Crippen LogP contribution is 2.58. The first-order chi connectivity index (χ1) is 10.0. The average Bonchev–Trinajstić information content (AvgIpc) is 2.45. The highest BCUT2D eigenvalue weighted by molar-refractivity contribution is 5.90. The van der Waals surface area contributed by atoms with E-state index >= 15 is 0 Å². The molecule has 0 saturated heterocycles. The van der Waals surface area contributed by atoms with Crippen molar-refractivity contribution in [3.63, 3.8) is 0 Å². The summed E-state index contributed by atoms with van der Waals surface area (Å²) in [6.45, 7) is 4.27. The quantitative estimate of drug-likeness (QED) is 0.754. The maximum absolute atomic E-state index is 12.5. The highest BCUT2D eigenvalue weighted by Gasteiger charge is 2.54. The van der Waals surface area contributed by atoms with Crippen LogP contribution in [0.25, 0.3) is 0 Å². The number of hydrogen-bond acceptors (Lipinski definition) is 3. The minimum Gasteiger partial charge on any atom is -0.484 e. The maximum Gasteiger partial charge on any atom is 0.231 e. The fourth-order valence-corrected chi connectivity index (χ4v) is 4.71. The SMILES string of the molecule is C/C=C1\C2CC3=C(CCC(OC)=N3)C1(C(N)=O)CC(C)C2. The molecule has 114 valence electrons. The number of rotatable bonds is 1. The van der Waals surface area contributed by atoms with Gasteiger partial charge in [0.2, 0.25) is 5.91 Å². The van der Waals surface area contributed by atoms with E-state index in [0.717, 1.165) is 49.3 Å². The number of nitrogens with zero attached hydrogens (tertiary/aromatic N) is 1. The van der Waals surface area contributed by atoms with Crippen molar-refractivity contribution in [2.45, 2.75) is 46.0 Å². The molecule has 2 bridgehead atoms. The molecule has 3 rings (SSSR count). The Kier molecular flexibility index (Phi) is 3.42. The summed E-state index contributed by atoms with van der Waals surface area (Å²) in [7, 11) is 1.66. The topological polar surface area (TPSA) is 64.7 Å². The Morgan fingerprint density at radius 3 is 2.86 bits per heavy atom. The molecule has 3 aliphatic rings. The third kappa shape index (κ3) is 1.95. The molecule has 3 unspecified atom stereocenters. The largest absolute Gasteiger partial charge is 0.484 e. The molecule has 1 aliphatic heterocycles. The summed E-state index contributed by atoms with van der Waals surface area (Å²) in [6, 6.07) is 0. The Morgan fingerprint density at radius 2 is 2.24 bits per heavy atom. The lowest BCUT2D eigenvalue weighted by Gasteiger charge is -2.50. The van der Waals surface area contributed by atoms with Gasteiger partial charge < -0.3 is 10.5 Å². The van der Waals surface area contributed by atoms with Crippen LogP contribution < -0.4 is 5.73 Å². The van der Waals surface area contributed by atoms with Crippen LogP contribution in [0.2, 0.25) is 0 Å². The van der Waals surface area contributed by atoms with Gasteiger partial charge in [0, 0.05) is 12.1 Å². The van der Waals surface area contributed by atoms with Gasteiger partial charge in [-0.15, -0.1) is 0 Å². The number of methoxy groups -OCH3 is 1. The number of ether oxygens (including phenoxy) is 1. The number of carbonyl (C=O) groups excluding carboxylic acids is 1. The van der Waals surface area contributed by atoms with E-state index < -0.39 is 5.41 Å². The van der Waals surface area contributed by atoms with Crippen LogP contribution in [0.5, 0.6) is 0 Å². The first-order valence-electron chi connectivity index (χ1n) is 7.83. The highest BCUT2D eigenvalue weighted by atomic mass is 16.5. The zero-order valence-corrected chi connectivity index (χ0v) is 13.1. The average molecular weight is 288 g/mol.